The van der Waals surface area contributed by atoms with Crippen molar-refractivity contribution < 1.29 is 0 Å². The lowest BCUT2D eigenvalue weighted by Crippen LogP contribution is -2.03. The van der Waals surface area contributed by atoms with Crippen LogP contribution in [-0.2, 0) is 0 Å². The van der Waals surface area contributed by atoms with Gasteiger partial charge in [0, 0.05) is 0 Å². The van der Waals surface area contributed by atoms with Crippen molar-refractivity contribution in [3.8, 4) is 0 Å². The fourth-order valence-electron chi connectivity index (χ4n) is 1.01. The molecule has 0 bridgehead atoms. The quantitative estimate of drug-likeness (QED) is 0.522. The largest absolute Gasteiger partial charge is 0.0602 e. The van der Waals surface area contributed by atoms with Gasteiger partial charge in [0.05, 0.1) is 0 Å². The summed E-state index contributed by atoms with van der Waals surface area (Å²) in [7, 11) is 0. The summed E-state index contributed by atoms with van der Waals surface area (Å²) in [5, 5.41) is 0. The second kappa shape index (κ2) is 4.76. The molecule has 0 saturated carbocycles. The van der Waals surface area contributed by atoms with Gasteiger partial charge in [-0.3, -0.25) is 0 Å². The first-order valence-corrected chi connectivity index (χ1v) is 4.35. The Balaban J connectivity index is 3.04. The van der Waals surface area contributed by atoms with Crippen LogP contribution in [0.3, 0.4) is 0 Å². The van der Waals surface area contributed by atoms with Crippen molar-refractivity contribution in [2.75, 3.05) is 0 Å². The van der Waals surface area contributed by atoms with Crippen molar-refractivity contribution in [1.82, 2.24) is 0 Å². The van der Waals surface area contributed by atoms with Crippen LogP contribution in [0.4, 0.5) is 0 Å². The maximum Gasteiger partial charge on any atom is -0.0383 e. The average Bonchev–Trinajstić information content (AvgIpc) is 1.78. The number of rotatable bonds is 4. The number of hydrogen-bond acceptors (Lipinski definition) is 0. The average molecular weight is 141 g/mol. The van der Waals surface area contributed by atoms with Crippen molar-refractivity contribution in [2.45, 2.75) is 52.9 Å². The minimum absolute atomic E-state index is 0.529. The van der Waals surface area contributed by atoms with Gasteiger partial charge < -0.3 is 0 Å². The SMILES string of the molecule is [CH2]CCCCCC(C)(C)C. The molecule has 1 radical (unpaired) electrons. The highest BCUT2D eigenvalue weighted by Gasteiger charge is 2.08. The molecule has 0 unspecified atom stereocenters. The fraction of sp³-hybridized carbons (Fsp3) is 0.900. The Morgan fingerprint density at radius 2 is 1.60 bits per heavy atom. The third-order valence-electron chi connectivity index (χ3n) is 1.68. The van der Waals surface area contributed by atoms with Crippen LogP contribution in [0.2, 0.25) is 0 Å². The lowest BCUT2D eigenvalue weighted by atomic mass is 9.89. The van der Waals surface area contributed by atoms with Gasteiger partial charge in [-0.15, -0.1) is 0 Å². The van der Waals surface area contributed by atoms with Crippen molar-refractivity contribution >= 4 is 0 Å². The topological polar surface area (TPSA) is 0 Å². The minimum atomic E-state index is 0.529. The molecule has 61 valence electrons. The zero-order valence-corrected chi connectivity index (χ0v) is 7.74. The first-order chi connectivity index (χ1) is 4.56. The van der Waals surface area contributed by atoms with Crippen LogP contribution in [0.5, 0.6) is 0 Å². The lowest BCUT2D eigenvalue weighted by Gasteiger charge is -2.17. The molecule has 0 aromatic heterocycles. The van der Waals surface area contributed by atoms with E-state index in [0.29, 0.717) is 5.41 Å². The molecule has 0 rings (SSSR count). The van der Waals surface area contributed by atoms with E-state index in [9.17, 15) is 0 Å². The van der Waals surface area contributed by atoms with E-state index in [4.69, 9.17) is 0 Å². The van der Waals surface area contributed by atoms with E-state index in [1.807, 2.05) is 0 Å². The molecule has 0 aromatic carbocycles. The molecule has 0 fully saturated rings. The zero-order chi connectivity index (χ0) is 8.04. The Bertz CT molecular complexity index is 66.6. The molecule has 0 amide bonds. The Morgan fingerprint density at radius 1 is 1.00 bits per heavy atom. The molecular formula is C10H21. The normalized spacial score (nSPS) is 12.0. The molecule has 0 saturated heterocycles. The maximum atomic E-state index is 3.82. The molecule has 0 aromatic rings. The summed E-state index contributed by atoms with van der Waals surface area (Å²) in [5.74, 6) is 0. The number of hydrogen-bond donors (Lipinski definition) is 0. The highest BCUT2D eigenvalue weighted by atomic mass is 14.1. The fourth-order valence-corrected chi connectivity index (χ4v) is 1.01. The van der Waals surface area contributed by atoms with Gasteiger partial charge in [-0.25, -0.2) is 0 Å². The Labute approximate surface area is 66.0 Å². The molecule has 0 aliphatic heterocycles. The minimum Gasteiger partial charge on any atom is -0.0602 e. The van der Waals surface area contributed by atoms with Crippen molar-refractivity contribution in [2.24, 2.45) is 5.41 Å². The van der Waals surface area contributed by atoms with E-state index in [1.54, 1.807) is 0 Å². The Morgan fingerprint density at radius 3 is 2.00 bits per heavy atom. The lowest BCUT2D eigenvalue weighted by molar-refractivity contribution is 0.358. The molecule has 0 atom stereocenters. The standard InChI is InChI=1S/C10H21/c1-5-6-7-8-9-10(2,3)4/h1,5-9H2,2-4H3. The second-order valence-corrected chi connectivity index (χ2v) is 4.22. The third kappa shape index (κ3) is 8.00. The summed E-state index contributed by atoms with van der Waals surface area (Å²) in [4.78, 5) is 0. The highest BCUT2D eigenvalue weighted by Crippen LogP contribution is 2.22. The predicted octanol–water partition coefficient (Wildman–Crippen LogP) is 3.82. The van der Waals surface area contributed by atoms with Crippen LogP contribution in [0.1, 0.15) is 52.9 Å². The first-order valence-electron chi connectivity index (χ1n) is 4.35. The summed E-state index contributed by atoms with van der Waals surface area (Å²) in [6.07, 6.45) is 6.49. The van der Waals surface area contributed by atoms with Crippen LogP contribution in [-0.4, -0.2) is 0 Å². The molecule has 0 nitrogen and oxygen atoms in total. The summed E-state index contributed by atoms with van der Waals surface area (Å²) in [6.45, 7) is 10.7. The van der Waals surface area contributed by atoms with Crippen LogP contribution in [0.15, 0.2) is 0 Å². The van der Waals surface area contributed by atoms with Crippen LogP contribution in [0.25, 0.3) is 0 Å². The first kappa shape index (κ1) is 10.0. The van der Waals surface area contributed by atoms with Gasteiger partial charge in [0.15, 0.2) is 0 Å². The van der Waals surface area contributed by atoms with Crippen molar-refractivity contribution in [3.05, 3.63) is 6.92 Å². The monoisotopic (exact) mass is 141 g/mol. The van der Waals surface area contributed by atoms with Gasteiger partial charge in [-0.1, -0.05) is 53.4 Å². The molecule has 0 spiro atoms. The van der Waals surface area contributed by atoms with Gasteiger partial charge in [-0.2, -0.15) is 0 Å². The van der Waals surface area contributed by atoms with Crippen molar-refractivity contribution in [3.63, 3.8) is 0 Å². The van der Waals surface area contributed by atoms with Gasteiger partial charge in [0.25, 0.3) is 0 Å². The molecule has 0 aliphatic rings. The summed E-state index contributed by atoms with van der Waals surface area (Å²) in [6, 6.07) is 0. The van der Waals surface area contributed by atoms with Crippen LogP contribution < -0.4 is 0 Å². The van der Waals surface area contributed by atoms with E-state index in [1.165, 1.54) is 25.7 Å². The van der Waals surface area contributed by atoms with E-state index < -0.39 is 0 Å². The van der Waals surface area contributed by atoms with Crippen molar-refractivity contribution in [1.29, 1.82) is 0 Å². The van der Waals surface area contributed by atoms with E-state index in [-0.39, 0.29) is 0 Å². The Kier molecular flexibility index (Phi) is 4.76. The maximum absolute atomic E-state index is 3.82. The van der Waals surface area contributed by atoms with Crippen LogP contribution >= 0.6 is 0 Å². The highest BCUT2D eigenvalue weighted by molar-refractivity contribution is 4.60. The van der Waals surface area contributed by atoms with Crippen LogP contribution in [0, 0.1) is 12.3 Å². The molecule has 0 aliphatic carbocycles. The predicted molar refractivity (Wildman–Crippen MR) is 47.9 cm³/mol. The van der Waals surface area contributed by atoms with Gasteiger partial charge >= 0.3 is 0 Å². The molecular weight excluding hydrogens is 120 g/mol. The van der Waals surface area contributed by atoms with E-state index >= 15 is 0 Å². The smallest absolute Gasteiger partial charge is 0.0383 e. The van der Waals surface area contributed by atoms with Gasteiger partial charge in [0.2, 0.25) is 0 Å². The molecule has 0 N–H and O–H groups in total. The summed E-state index contributed by atoms with van der Waals surface area (Å²) in [5.41, 5.74) is 0.529. The molecule has 10 heavy (non-hydrogen) atoms. The zero-order valence-electron chi connectivity index (χ0n) is 7.74. The van der Waals surface area contributed by atoms with Gasteiger partial charge in [-0.05, 0) is 11.8 Å². The van der Waals surface area contributed by atoms with E-state index in [2.05, 4.69) is 27.7 Å². The molecule has 0 heteroatoms. The second-order valence-electron chi connectivity index (χ2n) is 4.22. The van der Waals surface area contributed by atoms with E-state index in [0.717, 1.165) is 6.42 Å². The molecule has 0 heterocycles. The summed E-state index contributed by atoms with van der Waals surface area (Å²) < 4.78 is 0. The van der Waals surface area contributed by atoms with Gasteiger partial charge in [0.1, 0.15) is 0 Å². The summed E-state index contributed by atoms with van der Waals surface area (Å²) >= 11 is 0. The number of unbranched alkanes of at least 4 members (excludes halogenated alkanes) is 3. The Hall–Kier alpha value is 0. The third-order valence-corrected chi connectivity index (χ3v) is 1.68.